The van der Waals surface area contributed by atoms with Gasteiger partial charge < -0.3 is 10.8 Å². The van der Waals surface area contributed by atoms with E-state index in [-0.39, 0.29) is 18.0 Å². The van der Waals surface area contributed by atoms with Crippen LogP contribution >= 0.6 is 15.9 Å². The van der Waals surface area contributed by atoms with Crippen molar-refractivity contribution in [3.63, 3.8) is 0 Å². The molecule has 14 heavy (non-hydrogen) atoms. The van der Waals surface area contributed by atoms with Crippen molar-refractivity contribution < 1.29 is 9.90 Å². The van der Waals surface area contributed by atoms with Gasteiger partial charge in [-0.1, -0.05) is 15.9 Å². The van der Waals surface area contributed by atoms with Gasteiger partial charge >= 0.3 is 0 Å². The van der Waals surface area contributed by atoms with Crippen molar-refractivity contribution in [3.8, 4) is 5.75 Å². The molecule has 0 amide bonds. The molecule has 1 aromatic rings. The number of ketones is 1. The minimum absolute atomic E-state index is 0.0177. The number of Topliss-reactive ketones (excluding diaryl/α,β-unsaturated/α-hetero) is 1. The van der Waals surface area contributed by atoms with Crippen molar-refractivity contribution in [2.24, 2.45) is 5.73 Å². The monoisotopic (exact) mass is 257 g/mol. The average Bonchev–Trinajstić information content (AvgIpc) is 2.11. The Kier molecular flexibility index (Phi) is 3.66. The molecular formula is C10H12BrNO2. The minimum Gasteiger partial charge on any atom is -0.507 e. The summed E-state index contributed by atoms with van der Waals surface area (Å²) in [5, 5.41) is 9.53. The van der Waals surface area contributed by atoms with Gasteiger partial charge in [0.2, 0.25) is 0 Å². The van der Waals surface area contributed by atoms with E-state index in [4.69, 9.17) is 5.73 Å². The molecule has 0 spiro atoms. The number of aromatic hydroxyl groups is 1. The van der Waals surface area contributed by atoms with Crippen LogP contribution in [0.15, 0.2) is 16.6 Å². The normalized spacial score (nSPS) is 10.2. The second kappa shape index (κ2) is 4.57. The number of benzene rings is 1. The standard InChI is InChI=1S/C10H12BrNO2/c1-6-4-10(14)7(5-8(6)11)9(13)2-3-12/h4-5,14H,2-3,12H2,1H3. The van der Waals surface area contributed by atoms with Crippen LogP contribution in [0, 0.1) is 6.92 Å². The highest BCUT2D eigenvalue weighted by atomic mass is 79.9. The van der Waals surface area contributed by atoms with Gasteiger partial charge in [-0.2, -0.15) is 0 Å². The van der Waals surface area contributed by atoms with E-state index in [2.05, 4.69) is 15.9 Å². The summed E-state index contributed by atoms with van der Waals surface area (Å²) >= 11 is 3.31. The third kappa shape index (κ3) is 2.33. The number of aryl methyl sites for hydroxylation is 1. The molecule has 0 bridgehead atoms. The summed E-state index contributed by atoms with van der Waals surface area (Å²) in [6.07, 6.45) is 0.253. The maximum Gasteiger partial charge on any atom is 0.167 e. The van der Waals surface area contributed by atoms with Crippen molar-refractivity contribution in [1.29, 1.82) is 0 Å². The van der Waals surface area contributed by atoms with E-state index < -0.39 is 0 Å². The van der Waals surface area contributed by atoms with Crippen LogP contribution in [0.25, 0.3) is 0 Å². The lowest BCUT2D eigenvalue weighted by Gasteiger charge is -2.05. The van der Waals surface area contributed by atoms with Gasteiger partial charge in [0.25, 0.3) is 0 Å². The Morgan fingerprint density at radius 1 is 1.57 bits per heavy atom. The fraction of sp³-hybridized carbons (Fsp3) is 0.300. The number of halogens is 1. The topological polar surface area (TPSA) is 63.3 Å². The SMILES string of the molecule is Cc1cc(O)c(C(=O)CCN)cc1Br. The van der Waals surface area contributed by atoms with E-state index in [9.17, 15) is 9.90 Å². The smallest absolute Gasteiger partial charge is 0.167 e. The number of carbonyl (C=O) groups is 1. The molecule has 0 heterocycles. The predicted octanol–water partition coefficient (Wildman–Crippen LogP) is 1.99. The maximum atomic E-state index is 11.5. The molecule has 0 atom stereocenters. The van der Waals surface area contributed by atoms with Crippen LogP contribution in [0.5, 0.6) is 5.75 Å². The molecule has 0 aliphatic carbocycles. The lowest BCUT2D eigenvalue weighted by atomic mass is 10.1. The lowest BCUT2D eigenvalue weighted by Crippen LogP contribution is -2.08. The zero-order valence-corrected chi connectivity index (χ0v) is 9.47. The molecule has 3 N–H and O–H groups in total. The first-order valence-corrected chi connectivity index (χ1v) is 5.08. The van der Waals surface area contributed by atoms with E-state index in [1.54, 1.807) is 12.1 Å². The Bertz CT molecular complexity index is 363. The van der Waals surface area contributed by atoms with Gasteiger partial charge in [-0.25, -0.2) is 0 Å². The fourth-order valence-electron chi connectivity index (χ4n) is 1.16. The van der Waals surface area contributed by atoms with E-state index >= 15 is 0 Å². The summed E-state index contributed by atoms with van der Waals surface area (Å²) in [5.41, 5.74) is 6.49. The van der Waals surface area contributed by atoms with Gasteiger partial charge in [-0.3, -0.25) is 4.79 Å². The molecule has 1 rings (SSSR count). The first kappa shape index (κ1) is 11.2. The summed E-state index contributed by atoms with van der Waals surface area (Å²) < 4.78 is 0.815. The van der Waals surface area contributed by atoms with E-state index in [1.165, 1.54) is 0 Å². The third-order valence-corrected chi connectivity index (χ3v) is 2.80. The number of carbonyl (C=O) groups excluding carboxylic acids is 1. The van der Waals surface area contributed by atoms with Gasteiger partial charge in [0.1, 0.15) is 5.75 Å². The molecule has 0 saturated carbocycles. The molecule has 0 saturated heterocycles. The number of hydrogen-bond donors (Lipinski definition) is 2. The summed E-state index contributed by atoms with van der Waals surface area (Å²) in [6.45, 7) is 2.14. The number of hydrogen-bond acceptors (Lipinski definition) is 3. The number of nitrogens with two attached hydrogens (primary N) is 1. The molecule has 0 aliphatic rings. The molecular weight excluding hydrogens is 246 g/mol. The molecule has 1 aromatic carbocycles. The van der Waals surface area contributed by atoms with Gasteiger partial charge in [0.15, 0.2) is 5.78 Å². The molecule has 76 valence electrons. The number of phenolic OH excluding ortho intramolecular Hbond substituents is 1. The van der Waals surface area contributed by atoms with Crippen molar-refractivity contribution in [1.82, 2.24) is 0 Å². The second-order valence-corrected chi connectivity index (χ2v) is 3.93. The van der Waals surface area contributed by atoms with Crippen molar-refractivity contribution >= 4 is 21.7 Å². The van der Waals surface area contributed by atoms with Crippen LogP contribution < -0.4 is 5.73 Å². The Hall–Kier alpha value is -0.870. The Morgan fingerprint density at radius 2 is 2.21 bits per heavy atom. The van der Waals surface area contributed by atoms with Gasteiger partial charge in [0.05, 0.1) is 5.56 Å². The minimum atomic E-state index is -0.134. The summed E-state index contributed by atoms with van der Waals surface area (Å²) in [6, 6.07) is 3.19. The van der Waals surface area contributed by atoms with E-state index in [0.717, 1.165) is 10.0 Å². The van der Waals surface area contributed by atoms with E-state index in [0.29, 0.717) is 12.1 Å². The van der Waals surface area contributed by atoms with Gasteiger partial charge in [-0.05, 0) is 31.2 Å². The molecule has 0 aromatic heterocycles. The van der Waals surface area contributed by atoms with Crippen LogP contribution in [-0.4, -0.2) is 17.4 Å². The number of phenols is 1. The first-order valence-electron chi connectivity index (χ1n) is 4.28. The zero-order chi connectivity index (χ0) is 10.7. The molecule has 0 fully saturated rings. The Balaban J connectivity index is 3.09. The van der Waals surface area contributed by atoms with Crippen LogP contribution in [0.2, 0.25) is 0 Å². The van der Waals surface area contributed by atoms with Crippen LogP contribution in [0.1, 0.15) is 22.3 Å². The highest BCUT2D eigenvalue weighted by molar-refractivity contribution is 9.10. The molecule has 3 nitrogen and oxygen atoms in total. The Labute approximate surface area is 91.1 Å². The van der Waals surface area contributed by atoms with Crippen LogP contribution in [0.4, 0.5) is 0 Å². The predicted molar refractivity (Wildman–Crippen MR) is 58.5 cm³/mol. The average molecular weight is 258 g/mol. The van der Waals surface area contributed by atoms with Crippen molar-refractivity contribution in [2.75, 3.05) is 6.54 Å². The largest absolute Gasteiger partial charge is 0.507 e. The third-order valence-electron chi connectivity index (χ3n) is 1.95. The van der Waals surface area contributed by atoms with Crippen LogP contribution in [-0.2, 0) is 0 Å². The molecule has 0 unspecified atom stereocenters. The first-order chi connectivity index (χ1) is 6.56. The molecule has 0 aliphatic heterocycles. The van der Waals surface area contributed by atoms with Crippen LogP contribution in [0.3, 0.4) is 0 Å². The second-order valence-electron chi connectivity index (χ2n) is 3.08. The van der Waals surface area contributed by atoms with Crippen molar-refractivity contribution in [3.05, 3.63) is 27.7 Å². The molecule has 0 radical (unpaired) electrons. The van der Waals surface area contributed by atoms with Gasteiger partial charge in [0, 0.05) is 10.9 Å². The Morgan fingerprint density at radius 3 is 2.79 bits per heavy atom. The lowest BCUT2D eigenvalue weighted by molar-refractivity contribution is 0.0983. The quantitative estimate of drug-likeness (QED) is 0.815. The fourth-order valence-corrected chi connectivity index (χ4v) is 1.50. The number of rotatable bonds is 3. The van der Waals surface area contributed by atoms with Crippen molar-refractivity contribution in [2.45, 2.75) is 13.3 Å². The highest BCUT2D eigenvalue weighted by Gasteiger charge is 2.11. The maximum absolute atomic E-state index is 11.5. The molecule has 4 heteroatoms. The van der Waals surface area contributed by atoms with E-state index in [1.807, 2.05) is 6.92 Å². The zero-order valence-electron chi connectivity index (χ0n) is 7.88. The van der Waals surface area contributed by atoms with Gasteiger partial charge in [-0.15, -0.1) is 0 Å². The summed E-state index contributed by atoms with van der Waals surface area (Å²) in [4.78, 5) is 11.5. The highest BCUT2D eigenvalue weighted by Crippen LogP contribution is 2.26. The summed E-state index contributed by atoms with van der Waals surface area (Å²) in [5.74, 6) is -0.116. The summed E-state index contributed by atoms with van der Waals surface area (Å²) in [7, 11) is 0.